The van der Waals surface area contributed by atoms with Crippen LogP contribution in [0.25, 0.3) is 11.6 Å². The number of ether oxygens (including phenoxy) is 1. The number of morpholine rings is 1. The molecule has 1 saturated heterocycles. The Bertz CT molecular complexity index is 1140. The zero-order valence-electron chi connectivity index (χ0n) is 18.5. The molecule has 9 heteroatoms. The standard InChI is InChI=1S/C24H27BrN4O4/c1-14-21(11-18-17-10-15(25)2-3-19(17)27-23(18)31)26-20-4-5-29(24(32)22(14)20)13-16(30)12-28-6-8-33-9-7-28/h2-3,10-11,16,26,30H,4-9,12-13H2,1H3,(H,27,31)/b18-11-/t16-/m1/s1. The van der Waals surface area contributed by atoms with Gasteiger partial charge in [0.15, 0.2) is 0 Å². The SMILES string of the molecule is Cc1c(/C=C2\C(=O)Nc3ccc(Br)cc32)[nH]c2c1C(=O)N(C[C@H](O)CN1CCOCC1)CC2. The van der Waals surface area contributed by atoms with Crippen LogP contribution >= 0.6 is 15.9 Å². The molecule has 1 aromatic heterocycles. The van der Waals surface area contributed by atoms with Crippen LogP contribution in [0.15, 0.2) is 22.7 Å². The molecule has 0 bridgehead atoms. The van der Waals surface area contributed by atoms with Crippen LogP contribution in [0.1, 0.15) is 32.9 Å². The summed E-state index contributed by atoms with van der Waals surface area (Å²) in [6, 6.07) is 5.68. The van der Waals surface area contributed by atoms with Crippen LogP contribution in [-0.2, 0) is 16.0 Å². The van der Waals surface area contributed by atoms with Crippen molar-refractivity contribution < 1.29 is 19.4 Å². The molecule has 0 aliphatic carbocycles. The quantitative estimate of drug-likeness (QED) is 0.531. The highest BCUT2D eigenvalue weighted by atomic mass is 79.9. The molecule has 4 heterocycles. The highest BCUT2D eigenvalue weighted by Gasteiger charge is 2.31. The van der Waals surface area contributed by atoms with Crippen LogP contribution in [0.3, 0.4) is 0 Å². The molecule has 0 spiro atoms. The summed E-state index contributed by atoms with van der Waals surface area (Å²) in [5.41, 5.74) is 5.31. The molecule has 1 aromatic carbocycles. The normalized spacial score (nSPS) is 20.7. The second-order valence-corrected chi connectivity index (χ2v) is 9.70. The Morgan fingerprint density at radius 1 is 1.21 bits per heavy atom. The van der Waals surface area contributed by atoms with Crippen molar-refractivity contribution in [3.8, 4) is 0 Å². The molecule has 3 aliphatic rings. The van der Waals surface area contributed by atoms with Gasteiger partial charge in [0.05, 0.1) is 30.5 Å². The van der Waals surface area contributed by atoms with E-state index in [2.05, 4.69) is 31.1 Å². The Labute approximate surface area is 200 Å². The molecule has 174 valence electrons. The second kappa shape index (κ2) is 9.06. The molecular weight excluding hydrogens is 488 g/mol. The maximum absolute atomic E-state index is 13.3. The van der Waals surface area contributed by atoms with Gasteiger partial charge in [0, 0.05) is 66.3 Å². The molecule has 3 N–H and O–H groups in total. The summed E-state index contributed by atoms with van der Waals surface area (Å²) in [4.78, 5) is 33.1. The molecule has 3 aliphatic heterocycles. The van der Waals surface area contributed by atoms with E-state index >= 15 is 0 Å². The van der Waals surface area contributed by atoms with E-state index in [1.807, 2.05) is 31.2 Å². The van der Waals surface area contributed by atoms with Crippen molar-refractivity contribution in [1.82, 2.24) is 14.8 Å². The summed E-state index contributed by atoms with van der Waals surface area (Å²) in [6.07, 6.45) is 1.90. The third-order valence-electron chi connectivity index (χ3n) is 6.56. The Kier molecular flexibility index (Phi) is 6.13. The van der Waals surface area contributed by atoms with Gasteiger partial charge in [-0.1, -0.05) is 15.9 Å². The van der Waals surface area contributed by atoms with Gasteiger partial charge >= 0.3 is 0 Å². The van der Waals surface area contributed by atoms with Gasteiger partial charge in [0.25, 0.3) is 11.8 Å². The van der Waals surface area contributed by atoms with Crippen molar-refractivity contribution in [3.05, 3.63) is 50.8 Å². The number of amides is 2. The molecule has 2 amide bonds. The molecule has 0 saturated carbocycles. The third-order valence-corrected chi connectivity index (χ3v) is 7.05. The zero-order valence-corrected chi connectivity index (χ0v) is 20.1. The monoisotopic (exact) mass is 514 g/mol. The van der Waals surface area contributed by atoms with E-state index in [0.29, 0.717) is 50.4 Å². The van der Waals surface area contributed by atoms with Crippen molar-refractivity contribution in [2.45, 2.75) is 19.4 Å². The Hall–Kier alpha value is -2.46. The molecule has 2 aromatic rings. The van der Waals surface area contributed by atoms with E-state index in [9.17, 15) is 14.7 Å². The lowest BCUT2D eigenvalue weighted by Crippen LogP contribution is -2.47. The van der Waals surface area contributed by atoms with E-state index in [-0.39, 0.29) is 11.8 Å². The molecule has 1 atom stereocenters. The van der Waals surface area contributed by atoms with Gasteiger partial charge < -0.3 is 25.0 Å². The second-order valence-electron chi connectivity index (χ2n) is 8.79. The first-order valence-corrected chi connectivity index (χ1v) is 12.0. The van der Waals surface area contributed by atoms with E-state index in [1.54, 1.807) is 4.90 Å². The molecule has 33 heavy (non-hydrogen) atoms. The molecule has 0 unspecified atom stereocenters. The smallest absolute Gasteiger partial charge is 0.256 e. The van der Waals surface area contributed by atoms with Gasteiger partial charge in [-0.15, -0.1) is 0 Å². The lowest BCUT2D eigenvalue weighted by Gasteiger charge is -2.32. The van der Waals surface area contributed by atoms with E-state index in [1.165, 1.54) is 0 Å². The van der Waals surface area contributed by atoms with E-state index < -0.39 is 6.10 Å². The molecule has 0 radical (unpaired) electrons. The van der Waals surface area contributed by atoms with Gasteiger partial charge in [-0.05, 0) is 36.8 Å². The number of aromatic nitrogens is 1. The van der Waals surface area contributed by atoms with Crippen LogP contribution in [0, 0.1) is 6.92 Å². The predicted molar refractivity (Wildman–Crippen MR) is 129 cm³/mol. The summed E-state index contributed by atoms with van der Waals surface area (Å²) in [5, 5.41) is 13.5. The van der Waals surface area contributed by atoms with Crippen LogP contribution < -0.4 is 5.32 Å². The van der Waals surface area contributed by atoms with Crippen molar-refractivity contribution in [2.24, 2.45) is 0 Å². The number of nitrogens with zero attached hydrogens (tertiary/aromatic N) is 2. The fourth-order valence-corrected chi connectivity index (χ4v) is 5.18. The number of anilines is 1. The topological polar surface area (TPSA) is 97.9 Å². The Balaban J connectivity index is 1.35. The summed E-state index contributed by atoms with van der Waals surface area (Å²) < 4.78 is 6.25. The first-order valence-electron chi connectivity index (χ1n) is 11.2. The van der Waals surface area contributed by atoms with Gasteiger partial charge in [0.2, 0.25) is 0 Å². The summed E-state index contributed by atoms with van der Waals surface area (Å²) in [6.45, 7) is 6.26. The third kappa shape index (κ3) is 4.38. The van der Waals surface area contributed by atoms with Crippen LogP contribution in [-0.4, -0.2) is 83.7 Å². The van der Waals surface area contributed by atoms with Gasteiger partial charge in [-0.2, -0.15) is 0 Å². The first-order chi connectivity index (χ1) is 15.9. The minimum absolute atomic E-state index is 0.0744. The van der Waals surface area contributed by atoms with Gasteiger partial charge in [-0.3, -0.25) is 14.5 Å². The largest absolute Gasteiger partial charge is 0.390 e. The van der Waals surface area contributed by atoms with Crippen LogP contribution in [0.5, 0.6) is 0 Å². The number of aliphatic hydroxyl groups excluding tert-OH is 1. The number of rotatable bonds is 5. The highest BCUT2D eigenvalue weighted by Crippen LogP contribution is 2.36. The zero-order chi connectivity index (χ0) is 23.1. The average molecular weight is 515 g/mol. The number of β-amino-alcohol motifs (C(OH)–C–C–N with tert-alkyl or cyclic N) is 1. The van der Waals surface area contributed by atoms with Crippen molar-refractivity contribution in [3.63, 3.8) is 0 Å². The number of nitrogens with one attached hydrogen (secondary N) is 2. The fourth-order valence-electron chi connectivity index (χ4n) is 4.82. The Morgan fingerprint density at radius 3 is 2.79 bits per heavy atom. The Morgan fingerprint density at radius 2 is 2.00 bits per heavy atom. The average Bonchev–Trinajstić information content (AvgIpc) is 3.27. The predicted octanol–water partition coefficient (Wildman–Crippen LogP) is 2.27. The van der Waals surface area contributed by atoms with Crippen LogP contribution in [0.4, 0.5) is 5.69 Å². The number of aliphatic hydroxyl groups is 1. The molecule has 8 nitrogen and oxygen atoms in total. The summed E-state index contributed by atoms with van der Waals surface area (Å²) in [7, 11) is 0. The lowest BCUT2D eigenvalue weighted by molar-refractivity contribution is -0.110. The fraction of sp³-hybridized carbons (Fsp3) is 0.417. The maximum atomic E-state index is 13.3. The summed E-state index contributed by atoms with van der Waals surface area (Å²) >= 11 is 3.47. The highest BCUT2D eigenvalue weighted by molar-refractivity contribution is 9.10. The van der Waals surface area contributed by atoms with Gasteiger partial charge in [0.1, 0.15) is 0 Å². The van der Waals surface area contributed by atoms with Gasteiger partial charge in [-0.25, -0.2) is 0 Å². The minimum atomic E-state index is -0.605. The number of H-pyrrole nitrogens is 1. The number of hydrogen-bond acceptors (Lipinski definition) is 5. The number of carbonyl (C=O) groups excluding carboxylic acids is 2. The molecule has 1 fully saturated rings. The lowest BCUT2D eigenvalue weighted by atomic mass is 10.0. The van der Waals surface area contributed by atoms with Crippen molar-refractivity contribution >= 4 is 45.1 Å². The number of fused-ring (bicyclic) bond motifs is 2. The minimum Gasteiger partial charge on any atom is -0.390 e. The molecular formula is C24H27BrN4O4. The number of halogens is 1. The van der Waals surface area contributed by atoms with E-state index in [0.717, 1.165) is 45.8 Å². The summed E-state index contributed by atoms with van der Waals surface area (Å²) in [5.74, 6) is -0.232. The number of benzene rings is 1. The number of hydrogen-bond donors (Lipinski definition) is 3. The van der Waals surface area contributed by atoms with Crippen molar-refractivity contribution in [2.75, 3.05) is 51.3 Å². The van der Waals surface area contributed by atoms with E-state index in [4.69, 9.17) is 4.74 Å². The number of carbonyl (C=O) groups is 2. The maximum Gasteiger partial charge on any atom is 0.256 e. The number of aromatic amines is 1. The van der Waals surface area contributed by atoms with Crippen LogP contribution in [0.2, 0.25) is 0 Å². The molecule has 5 rings (SSSR count). The van der Waals surface area contributed by atoms with Crippen molar-refractivity contribution in [1.29, 1.82) is 0 Å². The first kappa shape index (κ1) is 22.3.